The van der Waals surface area contributed by atoms with Crippen molar-refractivity contribution in [3.8, 4) is 17.2 Å². The summed E-state index contributed by atoms with van der Waals surface area (Å²) in [5.74, 6) is 2.03. The molecule has 4 heteroatoms. The number of halogens is 1. The molecule has 0 radical (unpaired) electrons. The van der Waals surface area contributed by atoms with E-state index in [1.807, 2.05) is 38.1 Å². The van der Waals surface area contributed by atoms with Crippen LogP contribution in [0.25, 0.3) is 11.5 Å². The zero-order valence-corrected chi connectivity index (χ0v) is 10.8. The molecular weight excluding hydrogens is 238 g/mol. The lowest BCUT2D eigenvalue weighted by Gasteiger charge is -2.10. The first-order chi connectivity index (χ1) is 8.00. The Kier molecular flexibility index (Phi) is 3.11. The average molecular weight is 252 g/mol. The van der Waals surface area contributed by atoms with Crippen molar-refractivity contribution in [3.63, 3.8) is 0 Å². The van der Waals surface area contributed by atoms with E-state index in [1.165, 1.54) is 0 Å². The van der Waals surface area contributed by atoms with Gasteiger partial charge in [0.05, 0.1) is 18.2 Å². The van der Waals surface area contributed by atoms with Crippen LogP contribution < -0.4 is 4.74 Å². The van der Waals surface area contributed by atoms with E-state index in [1.54, 1.807) is 13.3 Å². The standard InChI is InChI=1S/C13H14ClNO2/c1-13(2,14)11-8-15-12(17-11)9-4-6-10(16-3)7-5-9/h4-8H,1-3H3. The van der Waals surface area contributed by atoms with E-state index >= 15 is 0 Å². The minimum atomic E-state index is -0.544. The number of nitrogens with zero attached hydrogens (tertiary/aromatic N) is 1. The fraction of sp³-hybridized carbons (Fsp3) is 0.308. The molecule has 0 aliphatic heterocycles. The monoisotopic (exact) mass is 251 g/mol. The lowest BCUT2D eigenvalue weighted by atomic mass is 10.2. The number of hydrogen-bond acceptors (Lipinski definition) is 3. The van der Waals surface area contributed by atoms with Crippen LogP contribution >= 0.6 is 11.6 Å². The van der Waals surface area contributed by atoms with Gasteiger partial charge in [0.15, 0.2) is 0 Å². The lowest BCUT2D eigenvalue weighted by molar-refractivity contribution is 0.414. The van der Waals surface area contributed by atoms with Crippen molar-refractivity contribution in [1.82, 2.24) is 4.98 Å². The highest BCUT2D eigenvalue weighted by Gasteiger charge is 2.22. The van der Waals surface area contributed by atoms with Crippen LogP contribution in [0.3, 0.4) is 0 Å². The molecule has 0 N–H and O–H groups in total. The van der Waals surface area contributed by atoms with Crippen molar-refractivity contribution in [2.45, 2.75) is 18.7 Å². The first kappa shape index (κ1) is 12.0. The van der Waals surface area contributed by atoms with Crippen molar-refractivity contribution >= 4 is 11.6 Å². The lowest BCUT2D eigenvalue weighted by Crippen LogP contribution is -2.04. The molecule has 0 saturated carbocycles. The molecule has 1 heterocycles. The van der Waals surface area contributed by atoms with Gasteiger partial charge in [-0.15, -0.1) is 11.6 Å². The summed E-state index contributed by atoms with van der Waals surface area (Å²) in [4.78, 5) is 3.67. The summed E-state index contributed by atoms with van der Waals surface area (Å²) >= 11 is 6.15. The molecule has 0 aliphatic rings. The second-order valence-electron chi connectivity index (χ2n) is 4.23. The van der Waals surface area contributed by atoms with Gasteiger partial charge < -0.3 is 9.15 Å². The fourth-order valence-corrected chi connectivity index (χ4v) is 1.50. The molecule has 17 heavy (non-hydrogen) atoms. The highest BCUT2D eigenvalue weighted by atomic mass is 35.5. The first-order valence-electron chi connectivity index (χ1n) is 5.30. The van der Waals surface area contributed by atoms with Gasteiger partial charge in [-0.2, -0.15) is 0 Å². The molecular formula is C13H14ClNO2. The van der Waals surface area contributed by atoms with Gasteiger partial charge in [-0.3, -0.25) is 0 Å². The fourth-order valence-electron chi connectivity index (χ4n) is 1.42. The topological polar surface area (TPSA) is 35.3 Å². The summed E-state index contributed by atoms with van der Waals surface area (Å²) in [6.07, 6.45) is 1.66. The number of benzene rings is 1. The largest absolute Gasteiger partial charge is 0.497 e. The van der Waals surface area contributed by atoms with Gasteiger partial charge in [-0.05, 0) is 38.1 Å². The maximum absolute atomic E-state index is 6.15. The predicted octanol–water partition coefficient (Wildman–Crippen LogP) is 3.82. The summed E-state index contributed by atoms with van der Waals surface area (Å²) in [5, 5.41) is 0. The van der Waals surface area contributed by atoms with Gasteiger partial charge in [0.2, 0.25) is 5.89 Å². The second-order valence-corrected chi connectivity index (χ2v) is 5.18. The van der Waals surface area contributed by atoms with E-state index in [4.69, 9.17) is 20.8 Å². The summed E-state index contributed by atoms with van der Waals surface area (Å²) in [5.41, 5.74) is 0.901. The van der Waals surface area contributed by atoms with E-state index in [0.29, 0.717) is 11.7 Å². The second kappa shape index (κ2) is 4.41. The van der Waals surface area contributed by atoms with Crippen LogP contribution in [0.1, 0.15) is 19.6 Å². The third-order valence-electron chi connectivity index (χ3n) is 2.43. The van der Waals surface area contributed by atoms with E-state index in [9.17, 15) is 0 Å². The normalized spacial score (nSPS) is 11.5. The Morgan fingerprint density at radius 3 is 2.35 bits per heavy atom. The number of rotatable bonds is 3. The number of alkyl halides is 1. The van der Waals surface area contributed by atoms with Gasteiger partial charge in [0.25, 0.3) is 0 Å². The van der Waals surface area contributed by atoms with E-state index in [0.717, 1.165) is 11.3 Å². The molecule has 0 aliphatic carbocycles. The Morgan fingerprint density at radius 2 is 1.88 bits per heavy atom. The summed E-state index contributed by atoms with van der Waals surface area (Å²) < 4.78 is 10.7. The molecule has 0 atom stereocenters. The third kappa shape index (κ3) is 2.61. The average Bonchev–Trinajstić information content (AvgIpc) is 2.78. The maximum Gasteiger partial charge on any atom is 0.226 e. The molecule has 0 saturated heterocycles. The SMILES string of the molecule is COc1ccc(-c2ncc(C(C)(C)Cl)o2)cc1. The Labute approximate surface area is 105 Å². The van der Waals surface area contributed by atoms with E-state index in [-0.39, 0.29) is 0 Å². The zero-order valence-electron chi connectivity index (χ0n) is 10.0. The van der Waals surface area contributed by atoms with Crippen LogP contribution in [0.4, 0.5) is 0 Å². The highest BCUT2D eigenvalue weighted by Crippen LogP contribution is 2.31. The molecule has 1 aromatic carbocycles. The Bertz CT molecular complexity index is 497. The van der Waals surface area contributed by atoms with Gasteiger partial charge in [-0.1, -0.05) is 0 Å². The number of hydrogen-bond donors (Lipinski definition) is 0. The molecule has 2 aromatic rings. The minimum absolute atomic E-state index is 0.544. The van der Waals surface area contributed by atoms with Crippen molar-refractivity contribution in [2.75, 3.05) is 7.11 Å². The molecule has 0 spiro atoms. The van der Waals surface area contributed by atoms with Gasteiger partial charge in [0, 0.05) is 5.56 Å². The van der Waals surface area contributed by atoms with Crippen LogP contribution in [-0.4, -0.2) is 12.1 Å². The van der Waals surface area contributed by atoms with E-state index in [2.05, 4.69) is 4.98 Å². The quantitative estimate of drug-likeness (QED) is 0.778. The zero-order chi connectivity index (χ0) is 12.5. The number of oxazole rings is 1. The van der Waals surface area contributed by atoms with Gasteiger partial charge in [0.1, 0.15) is 11.5 Å². The highest BCUT2D eigenvalue weighted by molar-refractivity contribution is 6.23. The predicted molar refractivity (Wildman–Crippen MR) is 67.4 cm³/mol. The number of aromatic nitrogens is 1. The summed E-state index contributed by atoms with van der Waals surface area (Å²) in [6, 6.07) is 7.53. The molecule has 0 fully saturated rings. The van der Waals surface area contributed by atoms with Crippen LogP contribution in [0.15, 0.2) is 34.9 Å². The van der Waals surface area contributed by atoms with Crippen LogP contribution in [0.5, 0.6) is 5.75 Å². The maximum atomic E-state index is 6.15. The molecule has 0 unspecified atom stereocenters. The van der Waals surface area contributed by atoms with Crippen LogP contribution in [0, 0.1) is 0 Å². The molecule has 0 amide bonds. The smallest absolute Gasteiger partial charge is 0.226 e. The Balaban J connectivity index is 2.30. The van der Waals surface area contributed by atoms with Gasteiger partial charge >= 0.3 is 0 Å². The molecule has 0 bridgehead atoms. The van der Waals surface area contributed by atoms with Crippen LogP contribution in [-0.2, 0) is 4.87 Å². The summed E-state index contributed by atoms with van der Waals surface area (Å²) in [6.45, 7) is 3.74. The van der Waals surface area contributed by atoms with Crippen molar-refractivity contribution in [2.24, 2.45) is 0 Å². The van der Waals surface area contributed by atoms with Crippen LogP contribution in [0.2, 0.25) is 0 Å². The van der Waals surface area contributed by atoms with E-state index < -0.39 is 4.87 Å². The molecule has 2 rings (SSSR count). The minimum Gasteiger partial charge on any atom is -0.497 e. The van der Waals surface area contributed by atoms with Gasteiger partial charge in [-0.25, -0.2) is 4.98 Å². The molecule has 3 nitrogen and oxygen atoms in total. The Hall–Kier alpha value is -1.48. The molecule has 1 aromatic heterocycles. The Morgan fingerprint density at radius 1 is 1.24 bits per heavy atom. The third-order valence-corrected chi connectivity index (χ3v) is 2.61. The van der Waals surface area contributed by atoms with Crippen molar-refractivity contribution in [3.05, 3.63) is 36.2 Å². The number of methoxy groups -OCH3 is 1. The van der Waals surface area contributed by atoms with Crippen molar-refractivity contribution < 1.29 is 9.15 Å². The number of ether oxygens (including phenoxy) is 1. The molecule has 90 valence electrons. The summed E-state index contributed by atoms with van der Waals surface area (Å²) in [7, 11) is 1.63. The first-order valence-corrected chi connectivity index (χ1v) is 5.68. The van der Waals surface area contributed by atoms with Crippen molar-refractivity contribution in [1.29, 1.82) is 0 Å².